The molecule has 5 rings (SSSR count). The Balaban J connectivity index is 1.49. The SMILES string of the molecule is N#Cc1ccccc1COc1c(Cl)cc(C=Nn2c(-c3ccccc3)nc3ccccc3c2=O)cc1Cl. The third kappa shape index (κ3) is 5.10. The zero-order valence-electron chi connectivity index (χ0n) is 19.3. The van der Waals surface area contributed by atoms with Gasteiger partial charge in [-0.1, -0.05) is 83.9 Å². The number of benzene rings is 4. The molecular formula is C29H18Cl2N4O2. The summed E-state index contributed by atoms with van der Waals surface area (Å²) in [4.78, 5) is 18.0. The van der Waals surface area contributed by atoms with Gasteiger partial charge in [0.1, 0.15) is 6.61 Å². The summed E-state index contributed by atoms with van der Waals surface area (Å²) in [6.45, 7) is 0.134. The van der Waals surface area contributed by atoms with E-state index in [1.807, 2.05) is 42.5 Å². The lowest BCUT2D eigenvalue weighted by Gasteiger charge is -2.12. The summed E-state index contributed by atoms with van der Waals surface area (Å²) in [5.41, 5.74) is 2.85. The zero-order valence-corrected chi connectivity index (χ0v) is 20.8. The molecule has 0 aliphatic rings. The van der Waals surface area contributed by atoms with Crippen LogP contribution in [0.15, 0.2) is 101 Å². The second-order valence-corrected chi connectivity index (χ2v) is 8.87. The van der Waals surface area contributed by atoms with Crippen LogP contribution in [0.25, 0.3) is 22.3 Å². The van der Waals surface area contributed by atoms with Gasteiger partial charge in [-0.2, -0.15) is 15.0 Å². The number of hydrogen-bond acceptors (Lipinski definition) is 5. The van der Waals surface area contributed by atoms with Gasteiger partial charge in [-0.25, -0.2) is 4.98 Å². The van der Waals surface area contributed by atoms with Crippen molar-refractivity contribution in [3.05, 3.63) is 128 Å². The van der Waals surface area contributed by atoms with Crippen molar-refractivity contribution < 1.29 is 4.74 Å². The molecule has 0 aliphatic carbocycles. The highest BCUT2D eigenvalue weighted by molar-refractivity contribution is 6.37. The minimum Gasteiger partial charge on any atom is -0.486 e. The zero-order chi connectivity index (χ0) is 25.8. The number of rotatable bonds is 6. The fourth-order valence-electron chi connectivity index (χ4n) is 3.83. The molecule has 0 fully saturated rings. The van der Waals surface area contributed by atoms with Gasteiger partial charge in [0.05, 0.1) is 38.8 Å². The van der Waals surface area contributed by atoms with E-state index >= 15 is 0 Å². The molecule has 0 amide bonds. The minimum atomic E-state index is -0.297. The lowest BCUT2D eigenvalue weighted by Crippen LogP contribution is -2.20. The molecular weight excluding hydrogens is 507 g/mol. The summed E-state index contributed by atoms with van der Waals surface area (Å²) in [6, 6.07) is 29.1. The molecule has 0 radical (unpaired) electrons. The van der Waals surface area contributed by atoms with Gasteiger partial charge in [0.2, 0.25) is 0 Å². The van der Waals surface area contributed by atoms with Gasteiger partial charge in [-0.3, -0.25) is 4.79 Å². The van der Waals surface area contributed by atoms with E-state index < -0.39 is 0 Å². The van der Waals surface area contributed by atoms with Crippen LogP contribution in [-0.4, -0.2) is 15.9 Å². The topological polar surface area (TPSA) is 80.3 Å². The molecule has 8 heteroatoms. The number of ether oxygens (including phenoxy) is 1. The van der Waals surface area contributed by atoms with Gasteiger partial charge in [-0.15, -0.1) is 0 Å². The molecule has 1 aromatic heterocycles. The van der Waals surface area contributed by atoms with Crippen molar-refractivity contribution in [2.75, 3.05) is 0 Å². The average molecular weight is 525 g/mol. The molecule has 6 nitrogen and oxygen atoms in total. The van der Waals surface area contributed by atoms with Crippen molar-refractivity contribution in [3.63, 3.8) is 0 Å². The second kappa shape index (κ2) is 10.7. The smallest absolute Gasteiger partial charge is 0.282 e. The fourth-order valence-corrected chi connectivity index (χ4v) is 4.44. The summed E-state index contributed by atoms with van der Waals surface area (Å²) in [5, 5.41) is 14.7. The average Bonchev–Trinajstić information content (AvgIpc) is 2.92. The van der Waals surface area contributed by atoms with E-state index in [1.165, 1.54) is 10.9 Å². The Morgan fingerprint density at radius 3 is 2.38 bits per heavy atom. The molecule has 0 bridgehead atoms. The highest BCUT2D eigenvalue weighted by Gasteiger charge is 2.14. The molecule has 0 unspecified atom stereocenters. The van der Waals surface area contributed by atoms with Crippen molar-refractivity contribution in [1.29, 1.82) is 5.26 Å². The van der Waals surface area contributed by atoms with E-state index in [-0.39, 0.29) is 22.2 Å². The van der Waals surface area contributed by atoms with Crippen LogP contribution in [-0.2, 0) is 6.61 Å². The molecule has 0 saturated carbocycles. The summed E-state index contributed by atoms with van der Waals surface area (Å²) < 4.78 is 7.10. The van der Waals surface area contributed by atoms with Gasteiger partial charge in [0, 0.05) is 11.1 Å². The summed E-state index contributed by atoms with van der Waals surface area (Å²) in [7, 11) is 0. The highest BCUT2D eigenvalue weighted by atomic mass is 35.5. The van der Waals surface area contributed by atoms with E-state index in [2.05, 4.69) is 16.2 Å². The van der Waals surface area contributed by atoms with Gasteiger partial charge >= 0.3 is 0 Å². The molecule has 37 heavy (non-hydrogen) atoms. The molecule has 4 aromatic carbocycles. The summed E-state index contributed by atoms with van der Waals surface area (Å²) >= 11 is 13.0. The third-order valence-electron chi connectivity index (χ3n) is 5.64. The first kappa shape index (κ1) is 24.3. The molecule has 0 N–H and O–H groups in total. The Bertz CT molecular complexity index is 1720. The first-order valence-corrected chi connectivity index (χ1v) is 12.0. The van der Waals surface area contributed by atoms with E-state index in [1.54, 1.807) is 48.5 Å². The van der Waals surface area contributed by atoms with Gasteiger partial charge in [0.25, 0.3) is 5.56 Å². The van der Waals surface area contributed by atoms with Crippen molar-refractivity contribution in [1.82, 2.24) is 9.66 Å². The van der Waals surface area contributed by atoms with Crippen molar-refractivity contribution in [2.24, 2.45) is 5.10 Å². The standard InChI is InChI=1S/C29H18Cl2N4O2/c30-24-14-19(15-25(31)27(24)37-18-22-11-5-4-10-21(22)16-32)17-33-35-28(20-8-2-1-3-9-20)34-26-13-7-6-12-23(26)29(35)36/h1-15,17H,18H2. The number of hydrogen-bond donors (Lipinski definition) is 0. The molecule has 0 aliphatic heterocycles. The first-order chi connectivity index (χ1) is 18.0. The number of halogens is 2. The highest BCUT2D eigenvalue weighted by Crippen LogP contribution is 2.34. The Kier molecular flexibility index (Phi) is 7.00. The fraction of sp³-hybridized carbons (Fsp3) is 0.0345. The van der Waals surface area contributed by atoms with Crippen molar-refractivity contribution in [2.45, 2.75) is 6.61 Å². The summed E-state index contributed by atoms with van der Waals surface area (Å²) in [6.07, 6.45) is 1.50. The third-order valence-corrected chi connectivity index (χ3v) is 6.20. The van der Waals surface area contributed by atoms with Crippen LogP contribution < -0.4 is 10.3 Å². The predicted octanol–water partition coefficient (Wildman–Crippen LogP) is 6.70. The lowest BCUT2D eigenvalue weighted by atomic mass is 10.1. The van der Waals surface area contributed by atoms with Gasteiger partial charge in [-0.05, 0) is 35.9 Å². The quantitative estimate of drug-likeness (QED) is 0.231. The largest absolute Gasteiger partial charge is 0.486 e. The summed E-state index contributed by atoms with van der Waals surface area (Å²) in [5.74, 6) is 0.705. The number of nitriles is 1. The van der Waals surface area contributed by atoms with E-state index in [4.69, 9.17) is 27.9 Å². The van der Waals surface area contributed by atoms with Crippen LogP contribution in [0.4, 0.5) is 0 Å². The Morgan fingerprint density at radius 1 is 0.946 bits per heavy atom. The lowest BCUT2D eigenvalue weighted by molar-refractivity contribution is 0.306. The molecule has 180 valence electrons. The molecule has 0 saturated heterocycles. The number of para-hydroxylation sites is 1. The predicted molar refractivity (Wildman–Crippen MR) is 146 cm³/mol. The van der Waals surface area contributed by atoms with E-state index in [0.29, 0.717) is 33.6 Å². The number of fused-ring (bicyclic) bond motifs is 1. The normalized spacial score (nSPS) is 11.1. The maximum Gasteiger partial charge on any atom is 0.282 e. The van der Waals surface area contributed by atoms with Crippen LogP contribution in [0.1, 0.15) is 16.7 Å². The molecule has 5 aromatic rings. The van der Waals surface area contributed by atoms with E-state index in [0.717, 1.165) is 11.1 Å². The van der Waals surface area contributed by atoms with Crippen LogP contribution >= 0.6 is 23.2 Å². The maximum atomic E-state index is 13.3. The molecule has 1 heterocycles. The molecule has 0 spiro atoms. The first-order valence-electron chi connectivity index (χ1n) is 11.3. The number of aromatic nitrogens is 2. The van der Waals surface area contributed by atoms with Crippen molar-refractivity contribution >= 4 is 40.3 Å². The second-order valence-electron chi connectivity index (χ2n) is 8.05. The van der Waals surface area contributed by atoms with Gasteiger partial charge < -0.3 is 4.74 Å². The number of nitrogens with zero attached hydrogens (tertiary/aromatic N) is 4. The van der Waals surface area contributed by atoms with Crippen molar-refractivity contribution in [3.8, 4) is 23.2 Å². The Labute approximate surface area is 222 Å². The van der Waals surface area contributed by atoms with Gasteiger partial charge in [0.15, 0.2) is 11.6 Å². The van der Waals surface area contributed by atoms with E-state index in [9.17, 15) is 10.1 Å². The van der Waals surface area contributed by atoms with Crippen LogP contribution in [0, 0.1) is 11.3 Å². The Hall–Kier alpha value is -4.44. The van der Waals surface area contributed by atoms with Crippen LogP contribution in [0.3, 0.4) is 0 Å². The molecule has 0 atom stereocenters. The Morgan fingerprint density at radius 2 is 1.62 bits per heavy atom. The monoisotopic (exact) mass is 524 g/mol. The van der Waals surface area contributed by atoms with Crippen LogP contribution in [0.5, 0.6) is 5.75 Å². The minimum absolute atomic E-state index is 0.134. The van der Waals surface area contributed by atoms with Crippen LogP contribution in [0.2, 0.25) is 10.0 Å². The maximum absolute atomic E-state index is 13.3.